The van der Waals surface area contributed by atoms with Crippen molar-refractivity contribution in [3.63, 3.8) is 0 Å². The molecule has 0 heterocycles. The zero-order valence-electron chi connectivity index (χ0n) is 16.4. The average Bonchev–Trinajstić information content (AvgIpc) is 2.69. The second-order valence-electron chi connectivity index (χ2n) is 6.33. The Morgan fingerprint density at radius 3 is 2.41 bits per heavy atom. The van der Waals surface area contributed by atoms with Crippen molar-refractivity contribution in [1.82, 2.24) is 5.32 Å². The maximum absolute atomic E-state index is 12.8. The van der Waals surface area contributed by atoms with Gasteiger partial charge in [0, 0.05) is 18.7 Å². The number of methoxy groups -OCH3 is 1. The third-order valence-electron chi connectivity index (χ3n) is 4.25. The Hall–Kier alpha value is -3.14. The number of anilines is 1. The van der Waals surface area contributed by atoms with E-state index in [1.165, 1.54) is 18.2 Å². The summed E-state index contributed by atoms with van der Waals surface area (Å²) in [6.45, 7) is 1.87. The van der Waals surface area contributed by atoms with Gasteiger partial charge in [0.1, 0.15) is 11.8 Å². The van der Waals surface area contributed by atoms with Crippen molar-refractivity contribution in [2.75, 3.05) is 17.7 Å². The number of nitrogens with zero attached hydrogens (tertiary/aromatic N) is 2. The molecule has 9 nitrogen and oxygen atoms in total. The van der Waals surface area contributed by atoms with E-state index in [4.69, 9.17) is 4.74 Å². The topological polar surface area (TPSA) is 119 Å². The van der Waals surface area contributed by atoms with E-state index in [1.54, 1.807) is 38.3 Å². The molecule has 1 atom stereocenters. The summed E-state index contributed by atoms with van der Waals surface area (Å²) in [4.78, 5) is 23.2. The Kier molecular flexibility index (Phi) is 7.16. The summed E-state index contributed by atoms with van der Waals surface area (Å²) in [5.41, 5.74) is 0.619. The van der Waals surface area contributed by atoms with E-state index in [-0.39, 0.29) is 24.3 Å². The van der Waals surface area contributed by atoms with Crippen LogP contribution >= 0.6 is 0 Å². The van der Waals surface area contributed by atoms with E-state index in [0.29, 0.717) is 5.75 Å². The lowest BCUT2D eigenvalue weighted by Crippen LogP contribution is -2.49. The van der Waals surface area contributed by atoms with Gasteiger partial charge in [-0.15, -0.1) is 0 Å². The minimum atomic E-state index is -3.88. The fourth-order valence-electron chi connectivity index (χ4n) is 2.85. The van der Waals surface area contributed by atoms with E-state index in [2.05, 4.69) is 5.32 Å². The molecule has 0 aromatic heterocycles. The van der Waals surface area contributed by atoms with Crippen molar-refractivity contribution in [1.29, 1.82) is 0 Å². The van der Waals surface area contributed by atoms with Gasteiger partial charge in [0.05, 0.1) is 24.0 Å². The smallest absolute Gasteiger partial charge is 0.271 e. The lowest BCUT2D eigenvalue weighted by molar-refractivity contribution is -0.384. The van der Waals surface area contributed by atoms with Crippen molar-refractivity contribution in [2.24, 2.45) is 0 Å². The van der Waals surface area contributed by atoms with Gasteiger partial charge in [-0.05, 0) is 30.2 Å². The lowest BCUT2D eigenvalue weighted by atomic mass is 10.1. The molecule has 2 aromatic rings. The van der Waals surface area contributed by atoms with Gasteiger partial charge in [0.2, 0.25) is 15.9 Å². The number of non-ortho nitro benzene ring substituents is 1. The van der Waals surface area contributed by atoms with Gasteiger partial charge in [0.25, 0.3) is 5.69 Å². The molecule has 0 bridgehead atoms. The molecule has 29 heavy (non-hydrogen) atoms. The number of nitrogens with one attached hydrogen (secondary N) is 1. The zero-order valence-corrected chi connectivity index (χ0v) is 17.2. The number of hydrogen-bond acceptors (Lipinski definition) is 6. The first kappa shape index (κ1) is 22.2. The highest BCUT2D eigenvalue weighted by molar-refractivity contribution is 7.92. The maximum atomic E-state index is 12.8. The van der Waals surface area contributed by atoms with Gasteiger partial charge in [-0.25, -0.2) is 8.42 Å². The fourth-order valence-corrected chi connectivity index (χ4v) is 4.06. The first-order chi connectivity index (χ1) is 13.7. The Morgan fingerprint density at radius 1 is 1.24 bits per heavy atom. The largest absolute Gasteiger partial charge is 0.497 e. The summed E-state index contributed by atoms with van der Waals surface area (Å²) in [6, 6.07) is 11.2. The average molecular weight is 421 g/mol. The molecule has 1 N–H and O–H groups in total. The molecule has 156 valence electrons. The molecular formula is C19H23N3O6S. The highest BCUT2D eigenvalue weighted by Gasteiger charge is 2.32. The number of carbonyl (C=O) groups excluding carboxylic acids is 1. The summed E-state index contributed by atoms with van der Waals surface area (Å²) >= 11 is 0. The summed E-state index contributed by atoms with van der Waals surface area (Å²) in [5.74, 6) is 0.181. The van der Waals surface area contributed by atoms with Crippen LogP contribution in [0.15, 0.2) is 48.5 Å². The van der Waals surface area contributed by atoms with E-state index >= 15 is 0 Å². The molecular weight excluding hydrogens is 398 g/mol. The van der Waals surface area contributed by atoms with Crippen molar-refractivity contribution in [3.05, 3.63) is 64.2 Å². The lowest BCUT2D eigenvalue weighted by Gasteiger charge is -2.30. The van der Waals surface area contributed by atoms with Crippen molar-refractivity contribution in [3.8, 4) is 5.75 Å². The molecule has 2 rings (SSSR count). The number of amides is 1. The Morgan fingerprint density at radius 2 is 1.90 bits per heavy atom. The monoisotopic (exact) mass is 421 g/mol. The van der Waals surface area contributed by atoms with Crippen LogP contribution in [0.5, 0.6) is 5.75 Å². The van der Waals surface area contributed by atoms with Crippen LogP contribution in [-0.2, 0) is 21.4 Å². The highest BCUT2D eigenvalue weighted by Crippen LogP contribution is 2.26. The second-order valence-corrected chi connectivity index (χ2v) is 8.19. The van der Waals surface area contributed by atoms with E-state index in [0.717, 1.165) is 22.2 Å². The number of rotatable bonds is 9. The second kappa shape index (κ2) is 9.37. The Bertz CT molecular complexity index is 976. The highest BCUT2D eigenvalue weighted by atomic mass is 32.2. The number of nitro benzene ring substituents is 1. The van der Waals surface area contributed by atoms with Crippen LogP contribution in [-0.4, -0.2) is 38.7 Å². The number of hydrogen-bond donors (Lipinski definition) is 1. The number of ether oxygens (including phenoxy) is 1. The van der Waals surface area contributed by atoms with Crippen LogP contribution in [0.2, 0.25) is 0 Å². The molecule has 0 aliphatic carbocycles. The molecule has 10 heteroatoms. The molecule has 0 radical (unpaired) electrons. The fraction of sp³-hybridized carbons (Fsp3) is 0.316. The summed E-state index contributed by atoms with van der Waals surface area (Å²) in [6.07, 6.45) is 1.15. The van der Waals surface area contributed by atoms with E-state index in [1.807, 2.05) is 0 Å². The number of benzene rings is 2. The first-order valence-electron chi connectivity index (χ1n) is 8.82. The Balaban J connectivity index is 2.26. The predicted molar refractivity (Wildman–Crippen MR) is 109 cm³/mol. The van der Waals surface area contributed by atoms with Crippen LogP contribution in [0.3, 0.4) is 0 Å². The summed E-state index contributed by atoms with van der Waals surface area (Å²) < 4.78 is 30.9. The molecule has 0 aliphatic heterocycles. The van der Waals surface area contributed by atoms with Gasteiger partial charge < -0.3 is 10.1 Å². The van der Waals surface area contributed by atoms with Crippen LogP contribution < -0.4 is 14.4 Å². The number of sulfonamides is 1. The molecule has 0 spiro atoms. The first-order valence-corrected chi connectivity index (χ1v) is 10.7. The van der Waals surface area contributed by atoms with Gasteiger partial charge in [-0.1, -0.05) is 25.1 Å². The van der Waals surface area contributed by atoms with E-state index < -0.39 is 26.9 Å². The number of carbonyl (C=O) groups is 1. The Labute approximate surface area is 169 Å². The SMILES string of the molecule is CC[C@H](C(=O)NCc1ccc(OC)cc1)N(c1cccc([N+](=O)[O-])c1)S(C)(=O)=O. The quantitative estimate of drug-likeness (QED) is 0.491. The third-order valence-corrected chi connectivity index (χ3v) is 5.43. The van der Waals surface area contributed by atoms with Crippen molar-refractivity contribution in [2.45, 2.75) is 25.9 Å². The maximum Gasteiger partial charge on any atom is 0.271 e. The van der Waals surface area contributed by atoms with Crippen LogP contribution in [0.25, 0.3) is 0 Å². The van der Waals surface area contributed by atoms with Crippen LogP contribution in [0, 0.1) is 10.1 Å². The minimum absolute atomic E-state index is 0.0631. The third kappa shape index (κ3) is 5.67. The van der Waals surface area contributed by atoms with Gasteiger partial charge in [0.15, 0.2) is 0 Å². The standard InChI is InChI=1S/C19H23N3O6S/c1-4-18(19(23)20-13-14-8-10-17(28-2)11-9-14)21(29(3,26)27)15-6-5-7-16(12-15)22(24)25/h5-12,18H,4,13H2,1-3H3,(H,20,23)/t18-/m1/s1. The molecule has 2 aromatic carbocycles. The van der Waals surface area contributed by atoms with Gasteiger partial charge in [-0.2, -0.15) is 0 Å². The zero-order chi connectivity index (χ0) is 21.6. The normalized spacial score (nSPS) is 12.1. The van der Waals surface area contributed by atoms with E-state index in [9.17, 15) is 23.3 Å². The summed E-state index contributed by atoms with van der Waals surface area (Å²) in [5, 5.41) is 13.8. The predicted octanol–water partition coefficient (Wildman–Crippen LogP) is 2.46. The molecule has 0 saturated heterocycles. The number of nitro groups is 1. The van der Waals surface area contributed by atoms with Crippen LogP contribution in [0.1, 0.15) is 18.9 Å². The molecule has 0 aliphatic rings. The molecule has 0 fully saturated rings. The van der Waals surface area contributed by atoms with Crippen molar-refractivity contribution < 1.29 is 22.9 Å². The van der Waals surface area contributed by atoms with Crippen molar-refractivity contribution >= 4 is 27.3 Å². The molecule has 0 saturated carbocycles. The van der Waals surface area contributed by atoms with Gasteiger partial charge in [-0.3, -0.25) is 19.2 Å². The minimum Gasteiger partial charge on any atom is -0.497 e. The van der Waals surface area contributed by atoms with Gasteiger partial charge >= 0.3 is 0 Å². The summed E-state index contributed by atoms with van der Waals surface area (Å²) in [7, 11) is -2.32. The molecule has 1 amide bonds. The molecule has 0 unspecified atom stereocenters. The van der Waals surface area contributed by atoms with Crippen LogP contribution in [0.4, 0.5) is 11.4 Å².